The van der Waals surface area contributed by atoms with E-state index in [1.165, 1.54) is 12.1 Å². The average molecular weight is 216 g/mol. The quantitative estimate of drug-likeness (QED) is 0.805. The first-order chi connectivity index (χ1) is 6.95. The molecule has 1 N–H and O–H groups in total. The van der Waals surface area contributed by atoms with Crippen LogP contribution >= 0.6 is 0 Å². The van der Waals surface area contributed by atoms with E-state index in [1.807, 2.05) is 0 Å². The van der Waals surface area contributed by atoms with Crippen molar-refractivity contribution in [3.63, 3.8) is 0 Å². The Morgan fingerprint density at radius 3 is 2.53 bits per heavy atom. The lowest BCUT2D eigenvalue weighted by atomic mass is 10.0. The Hall–Kier alpha value is -1.29. The van der Waals surface area contributed by atoms with Crippen molar-refractivity contribution in [3.8, 4) is 0 Å². The van der Waals surface area contributed by atoms with Crippen molar-refractivity contribution < 1.29 is 18.3 Å². The second-order valence-corrected chi connectivity index (χ2v) is 3.17. The van der Waals surface area contributed by atoms with Crippen LogP contribution in [0.25, 0.3) is 5.57 Å². The molecule has 0 saturated carbocycles. The van der Waals surface area contributed by atoms with Crippen LogP contribution in [0.1, 0.15) is 11.1 Å². The van der Waals surface area contributed by atoms with Crippen molar-refractivity contribution in [1.29, 1.82) is 0 Å². The standard InChI is InChI=1S/C11H11F3O/c1-8-3-2-4-9(7-8)10(5-6-15)11(12,13)14/h2-5,7,15H,6H2,1H3/b10-5+. The molecule has 0 unspecified atom stereocenters. The zero-order chi connectivity index (χ0) is 11.5. The number of halogens is 3. The van der Waals surface area contributed by atoms with E-state index in [2.05, 4.69) is 0 Å². The topological polar surface area (TPSA) is 20.2 Å². The second-order valence-electron chi connectivity index (χ2n) is 3.17. The number of allylic oxidation sites excluding steroid dienone is 1. The van der Waals surface area contributed by atoms with Crippen molar-refractivity contribution in [2.45, 2.75) is 13.1 Å². The fourth-order valence-electron chi connectivity index (χ4n) is 1.30. The molecule has 1 aromatic rings. The molecule has 0 aliphatic carbocycles. The number of rotatable bonds is 2. The van der Waals surface area contributed by atoms with Gasteiger partial charge in [-0.15, -0.1) is 0 Å². The van der Waals surface area contributed by atoms with Gasteiger partial charge < -0.3 is 5.11 Å². The van der Waals surface area contributed by atoms with E-state index in [9.17, 15) is 13.2 Å². The molecule has 0 amide bonds. The predicted octanol–water partition coefficient (Wildman–Crippen LogP) is 2.93. The Balaban J connectivity index is 3.17. The minimum Gasteiger partial charge on any atom is -0.392 e. The van der Waals surface area contributed by atoms with Gasteiger partial charge in [-0.2, -0.15) is 13.2 Å². The van der Waals surface area contributed by atoms with Gasteiger partial charge in [-0.1, -0.05) is 29.8 Å². The lowest BCUT2D eigenvalue weighted by Crippen LogP contribution is -2.11. The summed E-state index contributed by atoms with van der Waals surface area (Å²) in [6.07, 6.45) is -3.66. The van der Waals surface area contributed by atoms with E-state index in [4.69, 9.17) is 5.11 Å². The first-order valence-electron chi connectivity index (χ1n) is 4.40. The Morgan fingerprint density at radius 1 is 1.40 bits per heavy atom. The minimum absolute atomic E-state index is 0.0801. The predicted molar refractivity (Wildman–Crippen MR) is 52.3 cm³/mol. The summed E-state index contributed by atoms with van der Waals surface area (Å²) in [6, 6.07) is 6.09. The van der Waals surface area contributed by atoms with Crippen LogP contribution in [0.2, 0.25) is 0 Å². The van der Waals surface area contributed by atoms with E-state index in [1.54, 1.807) is 19.1 Å². The summed E-state index contributed by atoms with van der Waals surface area (Å²) in [5, 5.41) is 8.55. The molecule has 0 heterocycles. The van der Waals surface area contributed by atoms with Gasteiger partial charge in [0.05, 0.1) is 12.2 Å². The van der Waals surface area contributed by atoms with Crippen LogP contribution in [-0.4, -0.2) is 17.9 Å². The van der Waals surface area contributed by atoms with Gasteiger partial charge in [-0.25, -0.2) is 0 Å². The van der Waals surface area contributed by atoms with Crippen LogP contribution in [0.4, 0.5) is 13.2 Å². The molecular weight excluding hydrogens is 205 g/mol. The van der Waals surface area contributed by atoms with Gasteiger partial charge in [-0.05, 0) is 18.6 Å². The van der Waals surface area contributed by atoms with Crippen LogP contribution in [0.3, 0.4) is 0 Å². The number of benzene rings is 1. The van der Waals surface area contributed by atoms with E-state index < -0.39 is 18.4 Å². The number of aliphatic hydroxyl groups is 1. The fraction of sp³-hybridized carbons (Fsp3) is 0.273. The molecule has 0 saturated heterocycles. The fourth-order valence-corrected chi connectivity index (χ4v) is 1.30. The molecule has 1 nitrogen and oxygen atoms in total. The van der Waals surface area contributed by atoms with Crippen LogP contribution in [0.15, 0.2) is 30.3 Å². The number of aliphatic hydroxyl groups excluding tert-OH is 1. The summed E-state index contributed by atoms with van der Waals surface area (Å²) in [5.41, 5.74) is 0.0332. The highest BCUT2D eigenvalue weighted by molar-refractivity contribution is 5.70. The molecule has 1 aromatic carbocycles. The van der Waals surface area contributed by atoms with Gasteiger partial charge in [0, 0.05) is 0 Å². The molecule has 0 fully saturated rings. The Morgan fingerprint density at radius 2 is 2.07 bits per heavy atom. The smallest absolute Gasteiger partial charge is 0.392 e. The van der Waals surface area contributed by atoms with Gasteiger partial charge in [0.15, 0.2) is 0 Å². The molecule has 0 aromatic heterocycles. The second kappa shape index (κ2) is 4.49. The summed E-state index contributed by atoms with van der Waals surface area (Å²) in [4.78, 5) is 0. The van der Waals surface area contributed by atoms with Crippen molar-refractivity contribution in [2.75, 3.05) is 6.61 Å². The maximum Gasteiger partial charge on any atom is 0.416 e. The third-order valence-corrected chi connectivity index (χ3v) is 1.93. The zero-order valence-corrected chi connectivity index (χ0v) is 8.17. The molecule has 0 radical (unpaired) electrons. The van der Waals surface area contributed by atoms with Crippen LogP contribution in [0.5, 0.6) is 0 Å². The highest BCUT2D eigenvalue weighted by Gasteiger charge is 2.34. The molecular formula is C11H11F3O. The first-order valence-corrected chi connectivity index (χ1v) is 4.40. The van der Waals surface area contributed by atoms with Crippen molar-refractivity contribution in [2.24, 2.45) is 0 Å². The lowest BCUT2D eigenvalue weighted by Gasteiger charge is -2.12. The number of aryl methyl sites for hydroxylation is 1. The molecule has 0 bridgehead atoms. The summed E-state index contributed by atoms with van der Waals surface area (Å²) in [6.45, 7) is 1.10. The highest BCUT2D eigenvalue weighted by Crippen LogP contribution is 2.33. The third kappa shape index (κ3) is 3.09. The molecule has 0 aliphatic heterocycles. The van der Waals surface area contributed by atoms with Gasteiger partial charge in [-0.3, -0.25) is 0 Å². The summed E-state index contributed by atoms with van der Waals surface area (Å²) in [5.74, 6) is 0. The molecule has 15 heavy (non-hydrogen) atoms. The largest absolute Gasteiger partial charge is 0.416 e. The average Bonchev–Trinajstić information content (AvgIpc) is 2.12. The highest BCUT2D eigenvalue weighted by atomic mass is 19.4. The third-order valence-electron chi connectivity index (χ3n) is 1.93. The Labute approximate surface area is 85.9 Å². The summed E-state index contributed by atoms with van der Waals surface area (Å²) in [7, 11) is 0. The molecule has 0 atom stereocenters. The Bertz CT molecular complexity index is 366. The van der Waals surface area contributed by atoms with Gasteiger partial charge >= 0.3 is 6.18 Å². The first kappa shape index (κ1) is 11.8. The molecule has 82 valence electrons. The molecule has 4 heteroatoms. The van der Waals surface area contributed by atoms with Crippen molar-refractivity contribution in [3.05, 3.63) is 41.5 Å². The summed E-state index contributed by atoms with van der Waals surface area (Å²) >= 11 is 0. The van der Waals surface area contributed by atoms with Crippen LogP contribution in [-0.2, 0) is 0 Å². The van der Waals surface area contributed by atoms with E-state index >= 15 is 0 Å². The monoisotopic (exact) mass is 216 g/mol. The normalized spacial score (nSPS) is 13.0. The number of alkyl halides is 3. The lowest BCUT2D eigenvalue weighted by molar-refractivity contribution is -0.0692. The SMILES string of the molecule is Cc1cccc(/C(=C\CO)C(F)(F)F)c1. The molecule has 0 spiro atoms. The maximum atomic E-state index is 12.5. The maximum absolute atomic E-state index is 12.5. The molecule has 0 aliphatic rings. The number of hydrogen-bond donors (Lipinski definition) is 1. The summed E-state index contributed by atoms with van der Waals surface area (Å²) < 4.78 is 37.6. The van der Waals surface area contributed by atoms with E-state index in [0.717, 1.165) is 11.6 Å². The van der Waals surface area contributed by atoms with E-state index in [0.29, 0.717) is 0 Å². The van der Waals surface area contributed by atoms with E-state index in [-0.39, 0.29) is 5.56 Å². The van der Waals surface area contributed by atoms with Crippen LogP contribution < -0.4 is 0 Å². The zero-order valence-electron chi connectivity index (χ0n) is 8.17. The van der Waals surface area contributed by atoms with Gasteiger partial charge in [0.1, 0.15) is 0 Å². The van der Waals surface area contributed by atoms with Crippen molar-refractivity contribution in [1.82, 2.24) is 0 Å². The molecule has 1 rings (SSSR count). The van der Waals surface area contributed by atoms with Crippen molar-refractivity contribution >= 4 is 5.57 Å². The van der Waals surface area contributed by atoms with Crippen LogP contribution in [0, 0.1) is 6.92 Å². The number of hydrogen-bond acceptors (Lipinski definition) is 1. The van der Waals surface area contributed by atoms with Gasteiger partial charge in [0.25, 0.3) is 0 Å². The Kier molecular flexibility index (Phi) is 3.52. The van der Waals surface area contributed by atoms with Gasteiger partial charge in [0.2, 0.25) is 0 Å². The minimum atomic E-state index is -4.43.